The maximum absolute atomic E-state index is 2.35. The largest absolute Gasteiger partial charge is 0.0625 e. The Hall–Kier alpha value is -1.56. The molecular weight excluding hydrogens is 288 g/mol. The van der Waals surface area contributed by atoms with E-state index >= 15 is 0 Å². The molecule has 2 aromatic carbocycles. The quantitative estimate of drug-likeness (QED) is 0.541. The summed E-state index contributed by atoms with van der Waals surface area (Å²) in [6.07, 6.45) is 3.53. The van der Waals surface area contributed by atoms with Crippen molar-refractivity contribution in [2.75, 3.05) is 0 Å². The van der Waals surface area contributed by atoms with Gasteiger partial charge in [0, 0.05) is 0 Å². The normalized spacial score (nSPS) is 13.3. The Balaban J connectivity index is 1.91. The van der Waals surface area contributed by atoms with E-state index < -0.39 is 0 Å². The second kappa shape index (κ2) is 8.01. The molecule has 0 aromatic heterocycles. The molecule has 130 valence electrons. The molecule has 0 radical (unpaired) electrons. The molecule has 0 heterocycles. The van der Waals surface area contributed by atoms with Gasteiger partial charge in [-0.05, 0) is 58.8 Å². The van der Waals surface area contributed by atoms with Crippen molar-refractivity contribution in [3.8, 4) is 0 Å². The van der Waals surface area contributed by atoms with E-state index in [1.165, 1.54) is 35.1 Å². The fourth-order valence-electron chi connectivity index (χ4n) is 3.17. The molecule has 0 aliphatic heterocycles. The third-order valence-electron chi connectivity index (χ3n) is 4.88. The summed E-state index contributed by atoms with van der Waals surface area (Å²) in [7, 11) is 0. The molecule has 0 spiro atoms. The van der Waals surface area contributed by atoms with Crippen molar-refractivity contribution in [3.63, 3.8) is 0 Å². The lowest BCUT2D eigenvalue weighted by Gasteiger charge is -2.19. The van der Waals surface area contributed by atoms with Crippen molar-refractivity contribution in [3.05, 3.63) is 70.8 Å². The highest BCUT2D eigenvalue weighted by molar-refractivity contribution is 5.29. The average molecular weight is 323 g/mol. The van der Waals surface area contributed by atoms with Crippen LogP contribution < -0.4 is 0 Å². The summed E-state index contributed by atoms with van der Waals surface area (Å²) in [5.41, 5.74) is 6.03. The van der Waals surface area contributed by atoms with E-state index in [2.05, 4.69) is 90.1 Å². The van der Waals surface area contributed by atoms with Crippen LogP contribution >= 0.6 is 0 Å². The van der Waals surface area contributed by atoms with Crippen molar-refractivity contribution in [1.29, 1.82) is 0 Å². The minimum absolute atomic E-state index is 0.240. The van der Waals surface area contributed by atoms with E-state index in [0.717, 1.165) is 12.3 Å². The standard InChI is InChI=1S/C24H34/c1-18(2)17-21-9-13-22(14-10-21)19(3)7-8-20-11-15-23(16-12-20)24(4,5)6/h9-16,18-19H,7-8,17H2,1-6H3. The molecule has 0 aliphatic rings. The van der Waals surface area contributed by atoms with Crippen molar-refractivity contribution >= 4 is 0 Å². The van der Waals surface area contributed by atoms with Gasteiger partial charge in [-0.25, -0.2) is 0 Å². The Kier molecular flexibility index (Phi) is 6.27. The van der Waals surface area contributed by atoms with Crippen molar-refractivity contribution < 1.29 is 0 Å². The summed E-state index contributed by atoms with van der Waals surface area (Å²) in [4.78, 5) is 0. The van der Waals surface area contributed by atoms with E-state index in [-0.39, 0.29) is 5.41 Å². The zero-order chi connectivity index (χ0) is 17.7. The van der Waals surface area contributed by atoms with Crippen LogP contribution in [-0.4, -0.2) is 0 Å². The molecule has 0 heteroatoms. The Morgan fingerprint density at radius 2 is 1.29 bits per heavy atom. The van der Waals surface area contributed by atoms with Gasteiger partial charge >= 0.3 is 0 Å². The SMILES string of the molecule is CC(C)Cc1ccc(C(C)CCc2ccc(C(C)(C)C)cc2)cc1. The lowest BCUT2D eigenvalue weighted by atomic mass is 9.86. The first-order valence-corrected chi connectivity index (χ1v) is 9.44. The Bertz CT molecular complexity index is 609. The number of hydrogen-bond donors (Lipinski definition) is 0. The molecule has 0 N–H and O–H groups in total. The van der Waals surface area contributed by atoms with Gasteiger partial charge in [-0.3, -0.25) is 0 Å². The second-order valence-electron chi connectivity index (χ2n) is 8.73. The number of hydrogen-bond acceptors (Lipinski definition) is 0. The molecule has 0 amide bonds. The second-order valence-corrected chi connectivity index (χ2v) is 8.73. The molecule has 0 aliphatic carbocycles. The van der Waals surface area contributed by atoms with Crippen LogP contribution in [0.4, 0.5) is 0 Å². The Morgan fingerprint density at radius 1 is 0.750 bits per heavy atom. The van der Waals surface area contributed by atoms with Gasteiger partial charge in [0.2, 0.25) is 0 Å². The van der Waals surface area contributed by atoms with Crippen LogP contribution in [0.3, 0.4) is 0 Å². The summed E-state index contributed by atoms with van der Waals surface area (Å²) >= 11 is 0. The highest BCUT2D eigenvalue weighted by Gasteiger charge is 2.13. The van der Waals surface area contributed by atoms with Crippen LogP contribution in [0.1, 0.15) is 76.1 Å². The minimum Gasteiger partial charge on any atom is -0.0625 e. The predicted octanol–water partition coefficient (Wildman–Crippen LogP) is 6.92. The zero-order valence-corrected chi connectivity index (χ0v) is 16.4. The Morgan fingerprint density at radius 3 is 1.79 bits per heavy atom. The minimum atomic E-state index is 0.240. The average Bonchev–Trinajstić information content (AvgIpc) is 2.52. The summed E-state index contributed by atoms with van der Waals surface area (Å²) in [6, 6.07) is 18.5. The van der Waals surface area contributed by atoms with Gasteiger partial charge in [-0.1, -0.05) is 90.1 Å². The Labute approximate surface area is 149 Å². The summed E-state index contributed by atoms with van der Waals surface area (Å²) in [5, 5.41) is 0. The first-order valence-electron chi connectivity index (χ1n) is 9.44. The molecule has 0 nitrogen and oxygen atoms in total. The van der Waals surface area contributed by atoms with E-state index in [4.69, 9.17) is 0 Å². The lowest BCUT2D eigenvalue weighted by molar-refractivity contribution is 0.589. The van der Waals surface area contributed by atoms with Gasteiger partial charge in [-0.2, -0.15) is 0 Å². The molecule has 0 saturated carbocycles. The van der Waals surface area contributed by atoms with E-state index in [9.17, 15) is 0 Å². The van der Waals surface area contributed by atoms with Crippen LogP contribution in [0, 0.1) is 5.92 Å². The van der Waals surface area contributed by atoms with Gasteiger partial charge in [0.25, 0.3) is 0 Å². The van der Waals surface area contributed by atoms with Crippen LogP contribution in [-0.2, 0) is 18.3 Å². The predicted molar refractivity (Wildman–Crippen MR) is 107 cm³/mol. The lowest BCUT2D eigenvalue weighted by Crippen LogP contribution is -2.10. The van der Waals surface area contributed by atoms with E-state index in [1.807, 2.05) is 0 Å². The van der Waals surface area contributed by atoms with Gasteiger partial charge < -0.3 is 0 Å². The third kappa shape index (κ3) is 5.51. The summed E-state index contributed by atoms with van der Waals surface area (Å²) in [6.45, 7) is 13.7. The van der Waals surface area contributed by atoms with Crippen molar-refractivity contribution in [2.45, 2.75) is 72.1 Å². The third-order valence-corrected chi connectivity index (χ3v) is 4.88. The summed E-state index contributed by atoms with van der Waals surface area (Å²) < 4.78 is 0. The molecule has 0 saturated heterocycles. The molecule has 2 rings (SSSR count). The molecule has 0 fully saturated rings. The van der Waals surface area contributed by atoms with Crippen molar-refractivity contribution in [1.82, 2.24) is 0 Å². The molecule has 2 aromatic rings. The van der Waals surface area contributed by atoms with E-state index in [1.54, 1.807) is 0 Å². The smallest absolute Gasteiger partial charge is 0.0132 e. The number of aryl methyl sites for hydroxylation is 1. The van der Waals surface area contributed by atoms with Crippen LogP contribution in [0.2, 0.25) is 0 Å². The first kappa shape index (κ1) is 18.8. The molecule has 1 unspecified atom stereocenters. The number of benzene rings is 2. The van der Waals surface area contributed by atoms with E-state index in [0.29, 0.717) is 5.92 Å². The number of rotatable bonds is 6. The van der Waals surface area contributed by atoms with Gasteiger partial charge in [-0.15, -0.1) is 0 Å². The highest BCUT2D eigenvalue weighted by atomic mass is 14.2. The summed E-state index contributed by atoms with van der Waals surface area (Å²) in [5.74, 6) is 1.34. The monoisotopic (exact) mass is 322 g/mol. The molecule has 1 atom stereocenters. The van der Waals surface area contributed by atoms with Gasteiger partial charge in [0.15, 0.2) is 0 Å². The van der Waals surface area contributed by atoms with Gasteiger partial charge in [0.1, 0.15) is 0 Å². The van der Waals surface area contributed by atoms with Crippen LogP contribution in [0.15, 0.2) is 48.5 Å². The molecular formula is C24H34. The first-order chi connectivity index (χ1) is 11.3. The highest BCUT2D eigenvalue weighted by Crippen LogP contribution is 2.25. The van der Waals surface area contributed by atoms with Crippen LogP contribution in [0.25, 0.3) is 0 Å². The van der Waals surface area contributed by atoms with Crippen molar-refractivity contribution in [2.24, 2.45) is 5.92 Å². The molecule has 0 bridgehead atoms. The fourth-order valence-corrected chi connectivity index (χ4v) is 3.17. The molecule has 24 heavy (non-hydrogen) atoms. The zero-order valence-electron chi connectivity index (χ0n) is 16.4. The topological polar surface area (TPSA) is 0 Å². The maximum Gasteiger partial charge on any atom is -0.0132 e. The van der Waals surface area contributed by atoms with Crippen LogP contribution in [0.5, 0.6) is 0 Å². The fraction of sp³-hybridized carbons (Fsp3) is 0.500. The maximum atomic E-state index is 2.35. The van der Waals surface area contributed by atoms with Gasteiger partial charge in [0.05, 0.1) is 0 Å².